The number of benzene rings is 2. The molecule has 0 fully saturated rings. The second-order valence-corrected chi connectivity index (χ2v) is 5.74. The molecule has 0 saturated heterocycles. The minimum absolute atomic E-state index is 0.0130. The number of para-hydroxylation sites is 1. The Labute approximate surface area is 162 Å². The average Bonchev–Trinajstić information content (AvgIpc) is 2.72. The maximum atomic E-state index is 12.6. The maximum Gasteiger partial charge on any atom is 0.342 e. The minimum atomic E-state index is -0.712. The molecule has 0 radical (unpaired) electrons. The Bertz CT molecular complexity index is 838. The van der Waals surface area contributed by atoms with Crippen molar-refractivity contribution >= 4 is 23.5 Å². The number of primary amides is 1. The van der Waals surface area contributed by atoms with E-state index in [0.29, 0.717) is 11.4 Å². The van der Waals surface area contributed by atoms with Gasteiger partial charge in [0.25, 0.3) is 5.91 Å². The highest BCUT2D eigenvalue weighted by atomic mass is 16.5. The first-order valence-corrected chi connectivity index (χ1v) is 8.49. The van der Waals surface area contributed by atoms with Crippen LogP contribution in [-0.4, -0.2) is 45.2 Å². The molecule has 2 rings (SSSR count). The molecule has 2 amide bonds. The van der Waals surface area contributed by atoms with E-state index < -0.39 is 24.4 Å². The number of carbonyl (C=O) groups is 3. The largest absolute Gasteiger partial charge is 0.497 e. The van der Waals surface area contributed by atoms with E-state index in [9.17, 15) is 14.4 Å². The number of esters is 1. The van der Waals surface area contributed by atoms with Gasteiger partial charge in [-0.3, -0.25) is 9.59 Å². The average molecular weight is 386 g/mol. The van der Waals surface area contributed by atoms with Crippen molar-refractivity contribution in [2.24, 2.45) is 5.73 Å². The molecule has 0 heterocycles. The molecule has 0 aromatic heterocycles. The van der Waals surface area contributed by atoms with Crippen molar-refractivity contribution in [3.8, 4) is 11.5 Å². The number of hydrogen-bond acceptors (Lipinski definition) is 6. The summed E-state index contributed by atoms with van der Waals surface area (Å²) in [6.07, 6.45) is -0.0130. The number of nitrogens with zero attached hydrogens (tertiary/aromatic N) is 1. The lowest BCUT2D eigenvalue weighted by Gasteiger charge is -2.22. The molecule has 0 unspecified atom stereocenters. The van der Waals surface area contributed by atoms with Gasteiger partial charge in [0.2, 0.25) is 5.91 Å². The highest BCUT2D eigenvalue weighted by molar-refractivity contribution is 5.98. The number of hydrogen-bond donors (Lipinski definition) is 1. The number of amides is 2. The lowest BCUT2D eigenvalue weighted by atomic mass is 10.2. The lowest BCUT2D eigenvalue weighted by Crippen LogP contribution is -2.37. The van der Waals surface area contributed by atoms with E-state index in [0.717, 1.165) is 0 Å². The van der Waals surface area contributed by atoms with Gasteiger partial charge in [-0.1, -0.05) is 18.2 Å². The number of carbonyl (C=O) groups excluding carboxylic acids is 3. The molecule has 8 heteroatoms. The fourth-order valence-corrected chi connectivity index (χ4v) is 2.48. The normalized spacial score (nSPS) is 10.1. The highest BCUT2D eigenvalue weighted by Crippen LogP contribution is 2.25. The molecule has 2 N–H and O–H groups in total. The molecule has 8 nitrogen and oxygen atoms in total. The van der Waals surface area contributed by atoms with Crippen LogP contribution in [-0.2, 0) is 14.3 Å². The second-order valence-electron chi connectivity index (χ2n) is 5.74. The van der Waals surface area contributed by atoms with Crippen molar-refractivity contribution in [1.82, 2.24) is 0 Å². The van der Waals surface area contributed by atoms with Crippen LogP contribution in [0.3, 0.4) is 0 Å². The lowest BCUT2D eigenvalue weighted by molar-refractivity contribution is -0.121. The summed E-state index contributed by atoms with van der Waals surface area (Å²) in [7, 11) is 2.91. The van der Waals surface area contributed by atoms with Gasteiger partial charge in [-0.25, -0.2) is 4.79 Å². The van der Waals surface area contributed by atoms with Crippen LogP contribution in [0.15, 0.2) is 48.5 Å². The van der Waals surface area contributed by atoms with Crippen LogP contribution in [0.25, 0.3) is 0 Å². The van der Waals surface area contributed by atoms with Crippen molar-refractivity contribution in [2.45, 2.75) is 6.42 Å². The Hall–Kier alpha value is -3.55. The number of ether oxygens (including phenoxy) is 3. The maximum absolute atomic E-state index is 12.6. The van der Waals surface area contributed by atoms with Gasteiger partial charge in [0.15, 0.2) is 6.61 Å². The van der Waals surface area contributed by atoms with Gasteiger partial charge < -0.3 is 24.8 Å². The second kappa shape index (κ2) is 9.96. The van der Waals surface area contributed by atoms with E-state index in [-0.39, 0.29) is 24.3 Å². The third-order valence-corrected chi connectivity index (χ3v) is 3.91. The summed E-state index contributed by atoms with van der Waals surface area (Å²) in [5, 5.41) is 0. The van der Waals surface area contributed by atoms with E-state index in [2.05, 4.69) is 0 Å². The molecule has 148 valence electrons. The zero-order chi connectivity index (χ0) is 20.5. The smallest absolute Gasteiger partial charge is 0.342 e. The molecule has 2 aromatic rings. The predicted octanol–water partition coefficient (Wildman–Crippen LogP) is 1.77. The van der Waals surface area contributed by atoms with Crippen LogP contribution >= 0.6 is 0 Å². The molecule has 0 saturated carbocycles. The summed E-state index contributed by atoms with van der Waals surface area (Å²) < 4.78 is 15.4. The molecule has 0 bridgehead atoms. The first-order chi connectivity index (χ1) is 13.5. The standard InChI is InChI=1S/C20H22N2O6/c1-26-15-8-9-16(17(12-15)27-2)20(25)28-13-19(24)22(11-10-18(21)23)14-6-4-3-5-7-14/h3-9,12H,10-11,13H2,1-2H3,(H2,21,23). The van der Waals surface area contributed by atoms with E-state index in [4.69, 9.17) is 19.9 Å². The number of nitrogens with two attached hydrogens (primary N) is 1. The Morgan fingerprint density at radius 3 is 2.32 bits per heavy atom. The summed E-state index contributed by atoms with van der Waals surface area (Å²) >= 11 is 0. The topological polar surface area (TPSA) is 108 Å². The monoisotopic (exact) mass is 386 g/mol. The Morgan fingerprint density at radius 2 is 1.71 bits per heavy atom. The molecule has 0 atom stereocenters. The van der Waals surface area contributed by atoms with Gasteiger partial charge >= 0.3 is 5.97 Å². The number of methoxy groups -OCH3 is 2. The quantitative estimate of drug-likeness (QED) is 0.658. The fraction of sp³-hybridized carbons (Fsp3) is 0.250. The van der Waals surface area contributed by atoms with Gasteiger partial charge in [0.05, 0.1) is 14.2 Å². The molecule has 2 aromatic carbocycles. The van der Waals surface area contributed by atoms with Gasteiger partial charge in [0, 0.05) is 24.7 Å². The molecular weight excluding hydrogens is 364 g/mol. The van der Waals surface area contributed by atoms with Gasteiger partial charge in [-0.15, -0.1) is 0 Å². The van der Waals surface area contributed by atoms with Gasteiger partial charge in [-0.05, 0) is 24.3 Å². The van der Waals surface area contributed by atoms with Crippen molar-refractivity contribution in [1.29, 1.82) is 0 Å². The third kappa shape index (κ3) is 5.47. The van der Waals surface area contributed by atoms with E-state index in [1.54, 1.807) is 42.5 Å². The summed E-state index contributed by atoms with van der Waals surface area (Å²) in [5.41, 5.74) is 5.93. The van der Waals surface area contributed by atoms with Gasteiger partial charge in [-0.2, -0.15) is 0 Å². The Balaban J connectivity index is 2.09. The third-order valence-electron chi connectivity index (χ3n) is 3.91. The Kier molecular flexibility index (Phi) is 7.38. The molecule has 28 heavy (non-hydrogen) atoms. The van der Waals surface area contributed by atoms with Crippen LogP contribution in [0.1, 0.15) is 16.8 Å². The number of rotatable bonds is 9. The van der Waals surface area contributed by atoms with Crippen molar-refractivity contribution in [2.75, 3.05) is 32.3 Å². The van der Waals surface area contributed by atoms with Gasteiger partial charge in [0.1, 0.15) is 17.1 Å². The molecule has 0 aliphatic carbocycles. The summed E-state index contributed by atoms with van der Waals surface area (Å²) in [4.78, 5) is 37.4. The first kappa shape index (κ1) is 20.8. The molecule has 0 aliphatic rings. The van der Waals surface area contributed by atoms with Crippen LogP contribution in [0.2, 0.25) is 0 Å². The van der Waals surface area contributed by atoms with Crippen molar-refractivity contribution in [3.05, 3.63) is 54.1 Å². The van der Waals surface area contributed by atoms with Crippen molar-refractivity contribution < 1.29 is 28.6 Å². The van der Waals surface area contributed by atoms with E-state index in [1.165, 1.54) is 25.2 Å². The van der Waals surface area contributed by atoms with Crippen molar-refractivity contribution in [3.63, 3.8) is 0 Å². The first-order valence-electron chi connectivity index (χ1n) is 8.49. The molecule has 0 spiro atoms. The van der Waals surface area contributed by atoms with Crippen LogP contribution in [0, 0.1) is 0 Å². The minimum Gasteiger partial charge on any atom is -0.497 e. The Morgan fingerprint density at radius 1 is 1.00 bits per heavy atom. The highest BCUT2D eigenvalue weighted by Gasteiger charge is 2.20. The number of anilines is 1. The molecular formula is C20H22N2O6. The predicted molar refractivity (Wildman–Crippen MR) is 102 cm³/mol. The SMILES string of the molecule is COc1ccc(C(=O)OCC(=O)N(CCC(N)=O)c2ccccc2)c(OC)c1. The molecule has 0 aliphatic heterocycles. The van der Waals surface area contributed by atoms with E-state index >= 15 is 0 Å². The summed E-state index contributed by atoms with van der Waals surface area (Å²) in [6, 6.07) is 13.4. The zero-order valence-electron chi connectivity index (χ0n) is 15.7. The summed E-state index contributed by atoms with van der Waals surface area (Å²) in [5.74, 6) is -0.936. The van der Waals surface area contributed by atoms with Crippen LogP contribution < -0.4 is 20.1 Å². The van der Waals surface area contributed by atoms with Crippen LogP contribution in [0.5, 0.6) is 11.5 Å². The van der Waals surface area contributed by atoms with E-state index in [1.807, 2.05) is 0 Å². The zero-order valence-corrected chi connectivity index (χ0v) is 15.7. The fourth-order valence-electron chi connectivity index (χ4n) is 2.48. The summed E-state index contributed by atoms with van der Waals surface area (Å²) in [6.45, 7) is -0.413. The van der Waals surface area contributed by atoms with Crippen LogP contribution in [0.4, 0.5) is 5.69 Å².